The van der Waals surface area contributed by atoms with Crippen LogP contribution in [0.15, 0.2) is 60.7 Å². The summed E-state index contributed by atoms with van der Waals surface area (Å²) in [5.41, 5.74) is 0.553. The Morgan fingerprint density at radius 3 is 1.92 bits per heavy atom. The molecule has 0 saturated heterocycles. The van der Waals surface area contributed by atoms with Gasteiger partial charge >= 0.3 is 11.7 Å². The molecule has 192 valence electrons. The molecule has 3 aromatic carbocycles. The number of phenolic OH excluding ortho intramolecular Hbond substituents is 1. The minimum atomic E-state index is -3.77. The van der Waals surface area contributed by atoms with Gasteiger partial charge in [-0.1, -0.05) is 90.1 Å². The largest absolute Gasteiger partial charge is 0.507 e. The van der Waals surface area contributed by atoms with Crippen molar-refractivity contribution >= 4 is 0 Å². The fourth-order valence-electron chi connectivity index (χ4n) is 4.86. The number of benzene rings is 3. The second-order valence-electron chi connectivity index (χ2n) is 11.5. The summed E-state index contributed by atoms with van der Waals surface area (Å²) in [6.45, 7) is 11.6. The summed E-state index contributed by atoms with van der Waals surface area (Å²) >= 11 is 0. The van der Waals surface area contributed by atoms with Gasteiger partial charge in [0, 0.05) is 17.2 Å². The van der Waals surface area contributed by atoms with Gasteiger partial charge in [-0.05, 0) is 33.6 Å². The van der Waals surface area contributed by atoms with Gasteiger partial charge in [0.05, 0.1) is 13.0 Å². The molecule has 36 heavy (non-hydrogen) atoms. The molecule has 0 radical (unpaired) electrons. The zero-order valence-corrected chi connectivity index (χ0v) is 21.8. The number of hydrogen-bond acceptors (Lipinski definition) is 4. The molecule has 0 aromatic heterocycles. The first-order chi connectivity index (χ1) is 16.6. The number of fused-ring (bicyclic) bond motifs is 1. The van der Waals surface area contributed by atoms with E-state index in [9.17, 15) is 10.2 Å². The van der Waals surface area contributed by atoms with Crippen molar-refractivity contribution in [2.45, 2.75) is 70.0 Å². The zero-order valence-electron chi connectivity index (χ0n) is 21.8. The first-order valence-electron chi connectivity index (χ1n) is 12.0. The van der Waals surface area contributed by atoms with Crippen molar-refractivity contribution in [3.8, 4) is 17.2 Å². The molecule has 3 aromatic rings. The Balaban J connectivity index is 2.07. The van der Waals surface area contributed by atoms with Gasteiger partial charge in [-0.25, -0.2) is 0 Å². The monoisotopic (exact) mass is 496 g/mol. The number of rotatable bonds is 3. The molecule has 0 spiro atoms. The molecule has 0 amide bonds. The van der Waals surface area contributed by atoms with Gasteiger partial charge < -0.3 is 19.7 Å². The van der Waals surface area contributed by atoms with E-state index in [1.165, 1.54) is 25.3 Å². The molecular formula is C30H34F2O4. The number of aliphatic hydroxyl groups is 1. The third-order valence-electron chi connectivity index (χ3n) is 6.85. The topological polar surface area (TPSA) is 58.9 Å². The Hall–Kier alpha value is -3.12. The highest BCUT2D eigenvalue weighted by molar-refractivity contribution is 5.56. The van der Waals surface area contributed by atoms with Crippen LogP contribution in [-0.2, 0) is 16.6 Å². The molecular weight excluding hydrogens is 462 g/mol. The van der Waals surface area contributed by atoms with Crippen molar-refractivity contribution in [2.24, 2.45) is 0 Å². The standard InChI is InChI=1S/C30H34F2O4/c1-27(2,3)22-15-18(16-23(26(22)33)28(4,5)6)25-21-14-13-20(35-7)17-24(21)36-30(34,29(25,31)32)19-11-9-8-10-12-19/h8-17,25,33-34H,1-7H3. The molecule has 4 nitrogen and oxygen atoms in total. The highest BCUT2D eigenvalue weighted by Crippen LogP contribution is 2.58. The van der Waals surface area contributed by atoms with Crippen LogP contribution >= 0.6 is 0 Å². The summed E-state index contributed by atoms with van der Waals surface area (Å²) in [6.07, 6.45) is 0. The average Bonchev–Trinajstić information content (AvgIpc) is 2.79. The summed E-state index contributed by atoms with van der Waals surface area (Å²) in [5, 5.41) is 22.7. The van der Waals surface area contributed by atoms with Crippen LogP contribution in [0, 0.1) is 0 Å². The van der Waals surface area contributed by atoms with E-state index in [1.54, 1.807) is 42.5 Å². The van der Waals surface area contributed by atoms with E-state index in [4.69, 9.17) is 9.47 Å². The Labute approximate surface area is 211 Å². The Bertz CT molecular complexity index is 1240. The summed E-state index contributed by atoms with van der Waals surface area (Å²) in [6, 6.07) is 15.6. The molecule has 0 fully saturated rings. The van der Waals surface area contributed by atoms with Crippen LogP contribution < -0.4 is 9.47 Å². The Morgan fingerprint density at radius 1 is 0.861 bits per heavy atom. The van der Waals surface area contributed by atoms with Gasteiger partial charge in [-0.2, -0.15) is 8.78 Å². The van der Waals surface area contributed by atoms with Crippen LogP contribution in [0.25, 0.3) is 0 Å². The number of aromatic hydroxyl groups is 1. The van der Waals surface area contributed by atoms with Gasteiger partial charge in [0.25, 0.3) is 0 Å². The molecule has 4 rings (SSSR count). The van der Waals surface area contributed by atoms with E-state index in [1.807, 2.05) is 41.5 Å². The maximum atomic E-state index is 16.6. The van der Waals surface area contributed by atoms with Crippen LogP contribution in [-0.4, -0.2) is 23.2 Å². The zero-order chi connectivity index (χ0) is 26.7. The summed E-state index contributed by atoms with van der Waals surface area (Å²) < 4.78 is 44.3. The van der Waals surface area contributed by atoms with E-state index >= 15 is 8.78 Å². The van der Waals surface area contributed by atoms with Crippen LogP contribution in [0.4, 0.5) is 8.78 Å². The third kappa shape index (κ3) is 4.11. The fraction of sp³-hybridized carbons (Fsp3) is 0.400. The van der Waals surface area contributed by atoms with Crippen molar-refractivity contribution in [1.82, 2.24) is 0 Å². The predicted octanol–water partition coefficient (Wildman–Crippen LogP) is 7.00. The fourth-order valence-corrected chi connectivity index (χ4v) is 4.86. The van der Waals surface area contributed by atoms with Crippen molar-refractivity contribution in [1.29, 1.82) is 0 Å². The maximum Gasteiger partial charge on any atom is 0.327 e. The lowest BCUT2D eigenvalue weighted by Crippen LogP contribution is -2.56. The molecule has 1 aliphatic rings. The van der Waals surface area contributed by atoms with Gasteiger partial charge in [-0.15, -0.1) is 0 Å². The normalized spacial score (nSPS) is 21.4. The summed E-state index contributed by atoms with van der Waals surface area (Å²) in [7, 11) is 1.48. The summed E-state index contributed by atoms with van der Waals surface area (Å²) in [5.74, 6) is -7.62. The second kappa shape index (κ2) is 8.48. The first kappa shape index (κ1) is 26.0. The minimum Gasteiger partial charge on any atom is -0.507 e. The highest BCUT2D eigenvalue weighted by Gasteiger charge is 2.65. The third-order valence-corrected chi connectivity index (χ3v) is 6.85. The lowest BCUT2D eigenvalue weighted by Gasteiger charge is -2.45. The van der Waals surface area contributed by atoms with E-state index in [0.717, 1.165) is 0 Å². The number of alkyl halides is 2. The smallest absolute Gasteiger partial charge is 0.327 e. The molecule has 2 atom stereocenters. The minimum absolute atomic E-state index is 0.0562. The number of methoxy groups -OCH3 is 1. The number of ether oxygens (including phenoxy) is 2. The van der Waals surface area contributed by atoms with Gasteiger partial charge in [-0.3, -0.25) is 0 Å². The number of halogens is 2. The van der Waals surface area contributed by atoms with E-state index in [0.29, 0.717) is 16.9 Å². The number of hydrogen-bond donors (Lipinski definition) is 2. The lowest BCUT2D eigenvalue weighted by molar-refractivity contribution is -0.303. The van der Waals surface area contributed by atoms with Crippen LogP contribution in [0.5, 0.6) is 17.2 Å². The van der Waals surface area contributed by atoms with Gasteiger partial charge in [0.1, 0.15) is 17.2 Å². The molecule has 0 saturated carbocycles. The maximum absolute atomic E-state index is 16.6. The SMILES string of the molecule is COc1ccc2c(c1)OC(O)(c1ccccc1)C(F)(F)C2c1cc(C(C)(C)C)c(O)c(C(C)(C)C)c1. The molecule has 1 aliphatic heterocycles. The predicted molar refractivity (Wildman–Crippen MR) is 136 cm³/mol. The highest BCUT2D eigenvalue weighted by atomic mass is 19.3. The molecule has 0 aliphatic carbocycles. The van der Waals surface area contributed by atoms with Crippen molar-refractivity contribution < 1.29 is 28.5 Å². The van der Waals surface area contributed by atoms with Crippen molar-refractivity contribution in [3.63, 3.8) is 0 Å². The van der Waals surface area contributed by atoms with E-state index in [2.05, 4.69) is 0 Å². The molecule has 2 N–H and O–H groups in total. The van der Waals surface area contributed by atoms with Crippen LogP contribution in [0.1, 0.15) is 75.3 Å². The molecule has 1 heterocycles. The van der Waals surface area contributed by atoms with Crippen LogP contribution in [0.2, 0.25) is 0 Å². The number of phenols is 1. The second-order valence-corrected chi connectivity index (χ2v) is 11.5. The van der Waals surface area contributed by atoms with Gasteiger partial charge in [0.2, 0.25) is 0 Å². The first-order valence-corrected chi connectivity index (χ1v) is 12.0. The molecule has 6 heteroatoms. The quantitative estimate of drug-likeness (QED) is 0.410. The van der Waals surface area contributed by atoms with E-state index < -0.39 is 28.5 Å². The Kier molecular flexibility index (Phi) is 6.11. The van der Waals surface area contributed by atoms with Gasteiger partial charge in [0.15, 0.2) is 0 Å². The van der Waals surface area contributed by atoms with Crippen molar-refractivity contribution in [2.75, 3.05) is 7.11 Å². The lowest BCUT2D eigenvalue weighted by atomic mass is 9.72. The Morgan fingerprint density at radius 2 is 1.42 bits per heavy atom. The summed E-state index contributed by atoms with van der Waals surface area (Å²) in [4.78, 5) is 0. The van der Waals surface area contributed by atoms with E-state index in [-0.39, 0.29) is 28.2 Å². The van der Waals surface area contributed by atoms with Crippen LogP contribution in [0.3, 0.4) is 0 Å². The average molecular weight is 497 g/mol. The van der Waals surface area contributed by atoms with Crippen molar-refractivity contribution in [3.05, 3.63) is 88.5 Å². The molecule has 0 bridgehead atoms. The molecule has 2 unspecified atom stereocenters.